The summed E-state index contributed by atoms with van der Waals surface area (Å²) in [6.07, 6.45) is 1.44. The molecule has 4 aromatic carbocycles. The molecule has 6 heteroatoms. The quantitative estimate of drug-likeness (QED) is 0.335. The van der Waals surface area contributed by atoms with E-state index in [1.807, 2.05) is 37.3 Å². The minimum atomic E-state index is -0.738. The highest BCUT2D eigenvalue weighted by Crippen LogP contribution is 2.34. The van der Waals surface area contributed by atoms with E-state index in [2.05, 4.69) is 0 Å². The van der Waals surface area contributed by atoms with Gasteiger partial charge in [0.05, 0.1) is 11.4 Å². The average molecular weight is 448 g/mol. The predicted octanol–water partition coefficient (Wildman–Crippen LogP) is 5.44. The fraction of sp³-hybridized carbons (Fsp3) is 0.0357. The number of aryl methyl sites for hydroxylation is 1. The van der Waals surface area contributed by atoms with Crippen molar-refractivity contribution < 1.29 is 19.5 Å². The van der Waals surface area contributed by atoms with E-state index in [4.69, 9.17) is 0 Å². The average Bonchev–Trinajstić information content (AvgIpc) is 2.84. The van der Waals surface area contributed by atoms with E-state index in [1.165, 1.54) is 18.2 Å². The van der Waals surface area contributed by atoms with Crippen LogP contribution in [0.15, 0.2) is 96.6 Å². The molecule has 1 aliphatic rings. The van der Waals surface area contributed by atoms with Gasteiger partial charge in [0.25, 0.3) is 11.8 Å². The fourth-order valence-corrected chi connectivity index (χ4v) is 4.00. The van der Waals surface area contributed by atoms with Crippen LogP contribution < -0.4 is 9.80 Å². The van der Waals surface area contributed by atoms with E-state index in [-0.39, 0.29) is 11.3 Å². The van der Waals surface area contributed by atoms with Crippen molar-refractivity contribution >= 4 is 46.1 Å². The third-order valence-corrected chi connectivity index (χ3v) is 5.75. The second kappa shape index (κ2) is 8.33. The number of imide groups is 2. The minimum absolute atomic E-state index is 0.0669. The summed E-state index contributed by atoms with van der Waals surface area (Å²) < 4.78 is 0. The normalized spacial score (nSPS) is 15.4. The lowest BCUT2D eigenvalue weighted by atomic mass is 10.0. The van der Waals surface area contributed by atoms with Crippen molar-refractivity contribution in [1.82, 2.24) is 0 Å². The molecule has 0 atom stereocenters. The maximum Gasteiger partial charge on any atom is 0.343 e. The minimum Gasteiger partial charge on any atom is -0.508 e. The zero-order chi connectivity index (χ0) is 23.8. The molecule has 0 unspecified atom stereocenters. The summed E-state index contributed by atoms with van der Waals surface area (Å²) in [5.41, 5.74) is 2.14. The number of aromatic hydroxyl groups is 1. The second-order valence-electron chi connectivity index (χ2n) is 8.05. The number of nitrogens with zero attached hydrogens (tertiary/aromatic N) is 2. The number of phenolic OH excluding ortho intramolecular Hbond substituents is 1. The summed E-state index contributed by atoms with van der Waals surface area (Å²) in [5, 5.41) is 11.2. The molecule has 1 heterocycles. The number of rotatable bonds is 3. The number of phenols is 1. The highest BCUT2D eigenvalue weighted by Gasteiger charge is 2.44. The van der Waals surface area contributed by atoms with Gasteiger partial charge in [0, 0.05) is 5.39 Å². The van der Waals surface area contributed by atoms with Crippen molar-refractivity contribution in [3.8, 4) is 5.75 Å². The summed E-state index contributed by atoms with van der Waals surface area (Å²) in [6.45, 7) is 1.91. The summed E-state index contributed by atoms with van der Waals surface area (Å²) in [4.78, 5) is 42.9. The van der Waals surface area contributed by atoms with Crippen molar-refractivity contribution in [3.05, 3.63) is 108 Å². The molecule has 1 aliphatic heterocycles. The molecule has 0 aromatic heterocycles. The van der Waals surface area contributed by atoms with Crippen LogP contribution in [-0.4, -0.2) is 23.0 Å². The van der Waals surface area contributed by atoms with Crippen LogP contribution >= 0.6 is 0 Å². The van der Waals surface area contributed by atoms with Gasteiger partial charge in [0.1, 0.15) is 11.3 Å². The molecule has 4 aromatic rings. The van der Waals surface area contributed by atoms with E-state index < -0.39 is 17.8 Å². The van der Waals surface area contributed by atoms with Crippen LogP contribution in [0, 0.1) is 6.92 Å². The van der Waals surface area contributed by atoms with Crippen LogP contribution in [0.25, 0.3) is 16.8 Å². The molecular formula is C28H20N2O4. The number of amides is 4. The van der Waals surface area contributed by atoms with E-state index in [0.29, 0.717) is 22.3 Å². The number of carbonyl (C=O) groups excluding carboxylic acids is 3. The maximum absolute atomic E-state index is 13.7. The molecule has 0 radical (unpaired) electrons. The Kier molecular flexibility index (Phi) is 5.18. The summed E-state index contributed by atoms with van der Waals surface area (Å²) in [7, 11) is 0. The number of barbiturate groups is 1. The lowest BCUT2D eigenvalue weighted by Gasteiger charge is -2.34. The molecule has 1 N–H and O–H groups in total. The van der Waals surface area contributed by atoms with Crippen LogP contribution in [0.1, 0.15) is 11.1 Å². The van der Waals surface area contributed by atoms with Gasteiger partial charge in [-0.05, 0) is 54.3 Å². The first-order chi connectivity index (χ1) is 16.4. The van der Waals surface area contributed by atoms with Gasteiger partial charge in [-0.2, -0.15) is 0 Å². The van der Waals surface area contributed by atoms with Crippen LogP contribution in [-0.2, 0) is 9.59 Å². The van der Waals surface area contributed by atoms with Crippen LogP contribution in [0.3, 0.4) is 0 Å². The number of anilines is 2. The molecule has 5 rings (SSSR count). The van der Waals surface area contributed by atoms with Gasteiger partial charge >= 0.3 is 6.03 Å². The van der Waals surface area contributed by atoms with Crippen LogP contribution in [0.5, 0.6) is 5.75 Å². The van der Waals surface area contributed by atoms with Crippen molar-refractivity contribution in [2.24, 2.45) is 0 Å². The van der Waals surface area contributed by atoms with Gasteiger partial charge in [-0.15, -0.1) is 0 Å². The molecule has 0 saturated carbocycles. The van der Waals surface area contributed by atoms with Gasteiger partial charge in [0.15, 0.2) is 0 Å². The molecule has 1 fully saturated rings. The van der Waals surface area contributed by atoms with Crippen LogP contribution in [0.4, 0.5) is 16.2 Å². The number of benzene rings is 4. The second-order valence-corrected chi connectivity index (χ2v) is 8.05. The zero-order valence-corrected chi connectivity index (χ0v) is 18.3. The predicted molar refractivity (Wildman–Crippen MR) is 132 cm³/mol. The Labute approximate surface area is 196 Å². The van der Waals surface area contributed by atoms with Gasteiger partial charge in [0.2, 0.25) is 0 Å². The summed E-state index contributed by atoms with van der Waals surface area (Å²) in [6, 6.07) is 25.2. The topological polar surface area (TPSA) is 77.9 Å². The molecule has 0 spiro atoms. The first kappa shape index (κ1) is 21.2. The molecule has 166 valence electrons. The Morgan fingerprint density at radius 1 is 0.706 bits per heavy atom. The first-order valence-electron chi connectivity index (χ1n) is 10.7. The van der Waals surface area contributed by atoms with E-state index >= 15 is 0 Å². The van der Waals surface area contributed by atoms with Crippen molar-refractivity contribution in [2.75, 3.05) is 9.80 Å². The Bertz CT molecular complexity index is 1470. The summed E-state index contributed by atoms with van der Waals surface area (Å²) >= 11 is 0. The number of fused-ring (bicyclic) bond motifs is 1. The molecule has 0 bridgehead atoms. The number of hydrogen-bond donors (Lipinski definition) is 1. The van der Waals surface area contributed by atoms with Gasteiger partial charge < -0.3 is 5.11 Å². The molecule has 0 aliphatic carbocycles. The number of hydrogen-bond acceptors (Lipinski definition) is 4. The lowest BCUT2D eigenvalue weighted by molar-refractivity contribution is -0.121. The van der Waals surface area contributed by atoms with Crippen molar-refractivity contribution in [2.45, 2.75) is 6.92 Å². The van der Waals surface area contributed by atoms with Crippen molar-refractivity contribution in [3.63, 3.8) is 0 Å². The Balaban J connectivity index is 1.71. The van der Waals surface area contributed by atoms with E-state index in [1.54, 1.807) is 48.5 Å². The van der Waals surface area contributed by atoms with Gasteiger partial charge in [-0.1, -0.05) is 66.2 Å². The monoisotopic (exact) mass is 448 g/mol. The lowest BCUT2D eigenvalue weighted by Crippen LogP contribution is -2.57. The maximum atomic E-state index is 13.7. The van der Waals surface area contributed by atoms with E-state index in [0.717, 1.165) is 20.7 Å². The number of urea groups is 1. The molecule has 34 heavy (non-hydrogen) atoms. The van der Waals surface area contributed by atoms with Crippen molar-refractivity contribution in [1.29, 1.82) is 0 Å². The molecular weight excluding hydrogens is 428 g/mol. The highest BCUT2D eigenvalue weighted by atomic mass is 16.3. The van der Waals surface area contributed by atoms with E-state index in [9.17, 15) is 19.5 Å². The highest BCUT2D eigenvalue weighted by molar-refractivity contribution is 6.46. The smallest absolute Gasteiger partial charge is 0.343 e. The third-order valence-electron chi connectivity index (χ3n) is 5.75. The van der Waals surface area contributed by atoms with Crippen LogP contribution in [0.2, 0.25) is 0 Å². The zero-order valence-electron chi connectivity index (χ0n) is 18.3. The van der Waals surface area contributed by atoms with Gasteiger partial charge in [-0.3, -0.25) is 9.59 Å². The Morgan fingerprint density at radius 3 is 2.09 bits per heavy atom. The molecule has 6 nitrogen and oxygen atoms in total. The largest absolute Gasteiger partial charge is 0.508 e. The SMILES string of the molecule is Cc1ccc(N2C(=O)/C(=C\c3ccc(O)cc3)C(=O)N(c3cccc4ccccc34)C2=O)cc1. The standard InChI is InChI=1S/C28H20N2O4/c1-18-9-13-21(14-10-18)29-26(32)24(17-19-11-15-22(31)16-12-19)27(33)30(28(29)34)25-8-4-6-20-5-2-3-7-23(20)25/h2-17,31H,1H3/b24-17+. The number of carbonyl (C=O) groups is 3. The van der Waals surface area contributed by atoms with Gasteiger partial charge in [-0.25, -0.2) is 14.6 Å². The Hall–Kier alpha value is -4.71. The Morgan fingerprint density at radius 2 is 1.35 bits per heavy atom. The molecule has 4 amide bonds. The third kappa shape index (κ3) is 3.61. The first-order valence-corrected chi connectivity index (χ1v) is 10.7. The fourth-order valence-electron chi connectivity index (χ4n) is 4.00. The molecule has 1 saturated heterocycles. The summed E-state index contributed by atoms with van der Waals surface area (Å²) in [5.74, 6) is -1.34.